The fraction of sp³-hybridized carbons (Fsp3) is 0.200. The van der Waals surface area contributed by atoms with Gasteiger partial charge in [-0.05, 0) is 35.4 Å². The smallest absolute Gasteiger partial charge is 0.142 e. The summed E-state index contributed by atoms with van der Waals surface area (Å²) in [5, 5.41) is 9.92. The number of ether oxygens (including phenoxy) is 1. The highest BCUT2D eigenvalue weighted by atomic mass is 35.5. The number of hydrogen-bond donors (Lipinski definition) is 1. The van der Waals surface area contributed by atoms with E-state index in [9.17, 15) is 13.9 Å². The van der Waals surface area contributed by atoms with E-state index in [-0.39, 0.29) is 10.6 Å². The summed E-state index contributed by atoms with van der Waals surface area (Å²) in [5.41, 5.74) is 1.32. The highest BCUT2D eigenvalue weighted by molar-refractivity contribution is 6.30. The van der Waals surface area contributed by atoms with Gasteiger partial charge in [0.2, 0.25) is 0 Å². The SMILES string of the molecule is OC(c1ccc2c(c1)CCO2)c1cc(F)c(Cl)cc1F. The number of aliphatic hydroxyl groups excluding tert-OH is 1. The largest absolute Gasteiger partial charge is 0.493 e. The first-order chi connectivity index (χ1) is 9.56. The Morgan fingerprint density at radius 3 is 2.75 bits per heavy atom. The summed E-state index contributed by atoms with van der Waals surface area (Å²) in [7, 11) is 0. The summed E-state index contributed by atoms with van der Waals surface area (Å²) in [6.07, 6.45) is -0.499. The van der Waals surface area contributed by atoms with Crippen LogP contribution in [0.5, 0.6) is 5.75 Å². The van der Waals surface area contributed by atoms with Crippen LogP contribution in [0.1, 0.15) is 22.8 Å². The summed E-state index contributed by atoms with van der Waals surface area (Å²) in [4.78, 5) is 0. The van der Waals surface area contributed by atoms with Crippen molar-refractivity contribution in [3.8, 4) is 5.75 Å². The van der Waals surface area contributed by atoms with Gasteiger partial charge in [0.1, 0.15) is 23.5 Å². The lowest BCUT2D eigenvalue weighted by atomic mass is 9.98. The quantitative estimate of drug-likeness (QED) is 0.858. The standard InChI is InChI=1S/C15H11ClF2O2/c16-11-7-12(17)10(6-13(11)18)15(19)9-1-2-14-8(5-9)3-4-20-14/h1-2,5-7,15,19H,3-4H2. The Labute approximate surface area is 119 Å². The van der Waals surface area contributed by atoms with Crippen molar-refractivity contribution < 1.29 is 18.6 Å². The molecule has 2 aromatic rings. The van der Waals surface area contributed by atoms with Gasteiger partial charge in [-0.25, -0.2) is 8.78 Å². The molecule has 1 atom stereocenters. The van der Waals surface area contributed by atoms with Crippen molar-refractivity contribution in [1.29, 1.82) is 0 Å². The molecule has 5 heteroatoms. The van der Waals surface area contributed by atoms with Crippen LogP contribution < -0.4 is 4.74 Å². The zero-order valence-corrected chi connectivity index (χ0v) is 11.1. The zero-order valence-electron chi connectivity index (χ0n) is 10.4. The molecular weight excluding hydrogens is 286 g/mol. The number of hydrogen-bond acceptors (Lipinski definition) is 2. The van der Waals surface area contributed by atoms with Crippen molar-refractivity contribution in [1.82, 2.24) is 0 Å². The molecule has 20 heavy (non-hydrogen) atoms. The van der Waals surface area contributed by atoms with E-state index in [2.05, 4.69) is 0 Å². The molecule has 3 rings (SSSR count). The molecule has 0 spiro atoms. The van der Waals surface area contributed by atoms with Gasteiger partial charge in [0, 0.05) is 12.0 Å². The van der Waals surface area contributed by atoms with Crippen molar-refractivity contribution in [2.24, 2.45) is 0 Å². The first-order valence-corrected chi connectivity index (χ1v) is 6.52. The Bertz CT molecular complexity index is 673. The minimum Gasteiger partial charge on any atom is -0.493 e. The molecule has 0 aromatic heterocycles. The second kappa shape index (κ2) is 5.04. The summed E-state index contributed by atoms with van der Waals surface area (Å²) < 4.78 is 32.6. The van der Waals surface area contributed by atoms with Crippen molar-refractivity contribution in [2.75, 3.05) is 6.61 Å². The number of aliphatic hydroxyl groups is 1. The van der Waals surface area contributed by atoms with E-state index in [4.69, 9.17) is 16.3 Å². The molecule has 0 saturated carbocycles. The number of benzene rings is 2. The Kier molecular flexibility index (Phi) is 3.36. The lowest BCUT2D eigenvalue weighted by Crippen LogP contribution is -2.04. The van der Waals surface area contributed by atoms with Gasteiger partial charge in [0.25, 0.3) is 0 Å². The van der Waals surface area contributed by atoms with Crippen LogP contribution in [-0.4, -0.2) is 11.7 Å². The lowest BCUT2D eigenvalue weighted by Gasteiger charge is -2.14. The molecular formula is C15H11ClF2O2. The van der Waals surface area contributed by atoms with E-state index in [1.165, 1.54) is 0 Å². The van der Waals surface area contributed by atoms with Crippen LogP contribution in [-0.2, 0) is 6.42 Å². The van der Waals surface area contributed by atoms with Crippen LogP contribution in [0.4, 0.5) is 8.78 Å². The van der Waals surface area contributed by atoms with Crippen LogP contribution in [0.3, 0.4) is 0 Å². The molecule has 104 valence electrons. The first kappa shape index (κ1) is 13.3. The topological polar surface area (TPSA) is 29.5 Å². The fourth-order valence-electron chi connectivity index (χ4n) is 2.30. The lowest BCUT2D eigenvalue weighted by molar-refractivity contribution is 0.214. The maximum Gasteiger partial charge on any atom is 0.142 e. The van der Waals surface area contributed by atoms with Crippen LogP contribution in [0, 0.1) is 11.6 Å². The Morgan fingerprint density at radius 2 is 1.95 bits per heavy atom. The molecule has 0 amide bonds. The van der Waals surface area contributed by atoms with E-state index < -0.39 is 17.7 Å². The van der Waals surface area contributed by atoms with Gasteiger partial charge in [-0.2, -0.15) is 0 Å². The molecule has 1 heterocycles. The van der Waals surface area contributed by atoms with E-state index in [1.807, 2.05) is 0 Å². The highest BCUT2D eigenvalue weighted by Crippen LogP contribution is 2.32. The van der Waals surface area contributed by atoms with Gasteiger partial charge in [-0.1, -0.05) is 17.7 Å². The molecule has 2 aromatic carbocycles. The molecule has 1 N–H and O–H groups in total. The molecule has 0 saturated heterocycles. The van der Waals surface area contributed by atoms with Crippen LogP contribution >= 0.6 is 11.6 Å². The average Bonchev–Trinajstić information content (AvgIpc) is 2.89. The maximum absolute atomic E-state index is 13.8. The van der Waals surface area contributed by atoms with Crippen LogP contribution in [0.25, 0.3) is 0 Å². The Balaban J connectivity index is 2.00. The summed E-state index contributed by atoms with van der Waals surface area (Å²) in [6.45, 7) is 0.596. The molecule has 0 radical (unpaired) electrons. The van der Waals surface area contributed by atoms with Crippen LogP contribution in [0.15, 0.2) is 30.3 Å². The first-order valence-electron chi connectivity index (χ1n) is 6.14. The number of fused-ring (bicyclic) bond motifs is 1. The van der Waals surface area contributed by atoms with E-state index in [0.29, 0.717) is 12.2 Å². The molecule has 1 unspecified atom stereocenters. The van der Waals surface area contributed by atoms with Crippen molar-refractivity contribution >= 4 is 11.6 Å². The minimum absolute atomic E-state index is 0.134. The van der Waals surface area contributed by atoms with Gasteiger partial charge in [-0.3, -0.25) is 0 Å². The van der Waals surface area contributed by atoms with E-state index in [0.717, 1.165) is 29.9 Å². The van der Waals surface area contributed by atoms with E-state index in [1.54, 1.807) is 18.2 Å². The van der Waals surface area contributed by atoms with Gasteiger partial charge in [-0.15, -0.1) is 0 Å². The van der Waals surface area contributed by atoms with Crippen molar-refractivity contribution in [3.05, 3.63) is 63.7 Å². The summed E-state index contributed by atoms with van der Waals surface area (Å²) in [6, 6.07) is 6.91. The number of halogens is 3. The highest BCUT2D eigenvalue weighted by Gasteiger charge is 2.20. The number of rotatable bonds is 2. The second-order valence-corrected chi connectivity index (χ2v) is 5.06. The molecule has 2 nitrogen and oxygen atoms in total. The van der Waals surface area contributed by atoms with Crippen molar-refractivity contribution in [3.63, 3.8) is 0 Å². The monoisotopic (exact) mass is 296 g/mol. The molecule has 0 bridgehead atoms. The summed E-state index contributed by atoms with van der Waals surface area (Å²) >= 11 is 5.50. The normalized spacial score (nSPS) is 14.8. The zero-order chi connectivity index (χ0) is 14.3. The van der Waals surface area contributed by atoms with Gasteiger partial charge in [0.15, 0.2) is 0 Å². The third-order valence-electron chi connectivity index (χ3n) is 3.36. The predicted molar refractivity (Wildman–Crippen MR) is 71.1 cm³/mol. The maximum atomic E-state index is 13.8. The van der Waals surface area contributed by atoms with E-state index >= 15 is 0 Å². The second-order valence-electron chi connectivity index (χ2n) is 4.66. The minimum atomic E-state index is -1.24. The predicted octanol–water partition coefficient (Wildman–Crippen LogP) is 3.63. The van der Waals surface area contributed by atoms with Crippen molar-refractivity contribution in [2.45, 2.75) is 12.5 Å². The van der Waals surface area contributed by atoms with Gasteiger partial charge >= 0.3 is 0 Å². The molecule has 0 aliphatic carbocycles. The molecule has 1 aliphatic heterocycles. The molecule has 0 fully saturated rings. The molecule has 1 aliphatic rings. The third kappa shape index (κ3) is 2.25. The van der Waals surface area contributed by atoms with Crippen LogP contribution in [0.2, 0.25) is 5.02 Å². The van der Waals surface area contributed by atoms with Gasteiger partial charge in [0.05, 0.1) is 11.6 Å². The Hall–Kier alpha value is -1.65. The summed E-state index contributed by atoms with van der Waals surface area (Å²) in [5.74, 6) is -0.726. The average molecular weight is 297 g/mol. The Morgan fingerprint density at radius 1 is 1.15 bits per heavy atom. The third-order valence-corrected chi connectivity index (χ3v) is 3.65. The van der Waals surface area contributed by atoms with Gasteiger partial charge < -0.3 is 9.84 Å². The fourth-order valence-corrected chi connectivity index (χ4v) is 2.45.